The topological polar surface area (TPSA) is 92.5 Å². The lowest BCUT2D eigenvalue weighted by atomic mass is 10.2. The van der Waals surface area contributed by atoms with Crippen molar-refractivity contribution in [1.82, 2.24) is 0 Å². The van der Waals surface area contributed by atoms with Crippen molar-refractivity contribution < 1.29 is 13.2 Å². The molecule has 0 aliphatic carbocycles. The lowest BCUT2D eigenvalue weighted by Crippen LogP contribution is -2.34. The lowest BCUT2D eigenvalue weighted by Gasteiger charge is -2.23. The van der Waals surface area contributed by atoms with Crippen LogP contribution in [0.2, 0.25) is 0 Å². The van der Waals surface area contributed by atoms with Gasteiger partial charge in [0.1, 0.15) is 0 Å². The van der Waals surface area contributed by atoms with Crippen molar-refractivity contribution in [2.45, 2.75) is 16.2 Å². The Hall–Kier alpha value is -2.03. The number of rotatable bonds is 4. The van der Waals surface area contributed by atoms with E-state index in [0.29, 0.717) is 5.69 Å². The smallest absolute Gasteiger partial charge is 0.243 e. The van der Waals surface area contributed by atoms with Crippen LogP contribution in [0.25, 0.3) is 0 Å². The fourth-order valence-corrected chi connectivity index (χ4v) is 4.19. The summed E-state index contributed by atoms with van der Waals surface area (Å²) in [5.41, 5.74) is 1.61. The van der Waals surface area contributed by atoms with Crippen LogP contribution in [0.5, 0.6) is 0 Å². The van der Waals surface area contributed by atoms with Gasteiger partial charge in [-0.15, -0.1) is 11.8 Å². The summed E-state index contributed by atoms with van der Waals surface area (Å²) in [6, 6.07) is 13.9. The first-order valence-electron chi connectivity index (χ1n) is 7.83. The van der Waals surface area contributed by atoms with Gasteiger partial charge in [-0.3, -0.25) is 4.79 Å². The number of fused-ring (bicyclic) bond motifs is 1. The number of amides is 1. The van der Waals surface area contributed by atoms with Gasteiger partial charge >= 0.3 is 0 Å². The van der Waals surface area contributed by atoms with E-state index in [4.69, 9.17) is 5.14 Å². The highest BCUT2D eigenvalue weighted by atomic mass is 32.2. The van der Waals surface area contributed by atoms with Crippen LogP contribution in [0, 0.1) is 0 Å². The summed E-state index contributed by atoms with van der Waals surface area (Å²) in [7, 11) is -3.73. The molecule has 1 heterocycles. The van der Waals surface area contributed by atoms with Crippen LogP contribution in [0.3, 0.4) is 0 Å². The minimum atomic E-state index is -3.73. The fourth-order valence-electron chi connectivity index (χ4n) is 2.66. The maximum absolute atomic E-state index is 12.4. The SMILES string of the molecule is NS(=O)(=O)c1ccc(NC(=O)CN2CCCSc3ccccc32)cc1. The summed E-state index contributed by atoms with van der Waals surface area (Å²) >= 11 is 1.81. The molecule has 1 aliphatic heterocycles. The molecule has 0 aromatic heterocycles. The molecular formula is C17H19N3O3S2. The zero-order valence-corrected chi connectivity index (χ0v) is 15.1. The van der Waals surface area contributed by atoms with Crippen LogP contribution in [0.15, 0.2) is 58.3 Å². The van der Waals surface area contributed by atoms with E-state index < -0.39 is 10.0 Å². The number of para-hydroxylation sites is 1. The highest BCUT2D eigenvalue weighted by molar-refractivity contribution is 7.99. The van der Waals surface area contributed by atoms with Gasteiger partial charge in [0.25, 0.3) is 0 Å². The largest absolute Gasteiger partial charge is 0.361 e. The summed E-state index contributed by atoms with van der Waals surface area (Å²) in [4.78, 5) is 15.7. The zero-order chi connectivity index (χ0) is 17.9. The number of primary sulfonamides is 1. The van der Waals surface area contributed by atoms with E-state index in [-0.39, 0.29) is 17.3 Å². The van der Waals surface area contributed by atoms with Gasteiger partial charge in [0.15, 0.2) is 0 Å². The quantitative estimate of drug-likeness (QED) is 0.853. The number of anilines is 2. The molecule has 0 fully saturated rings. The number of nitrogens with zero attached hydrogens (tertiary/aromatic N) is 1. The predicted octanol–water partition coefficient (Wildman–Crippen LogP) is 2.27. The van der Waals surface area contributed by atoms with E-state index in [9.17, 15) is 13.2 Å². The Bertz CT molecular complexity index is 867. The summed E-state index contributed by atoms with van der Waals surface area (Å²) in [5, 5.41) is 7.86. The van der Waals surface area contributed by atoms with Gasteiger partial charge in [0.2, 0.25) is 15.9 Å². The molecule has 1 aliphatic rings. The maximum Gasteiger partial charge on any atom is 0.243 e. The van der Waals surface area contributed by atoms with Crippen LogP contribution in [-0.4, -0.2) is 33.2 Å². The van der Waals surface area contributed by atoms with Crippen LogP contribution in [0.4, 0.5) is 11.4 Å². The highest BCUT2D eigenvalue weighted by Gasteiger charge is 2.18. The van der Waals surface area contributed by atoms with Crippen molar-refractivity contribution in [1.29, 1.82) is 0 Å². The van der Waals surface area contributed by atoms with E-state index in [1.807, 2.05) is 18.2 Å². The van der Waals surface area contributed by atoms with Crippen molar-refractivity contribution in [3.05, 3.63) is 48.5 Å². The Morgan fingerprint density at radius 1 is 1.16 bits per heavy atom. The first-order chi connectivity index (χ1) is 11.9. The number of carbonyl (C=O) groups is 1. The normalized spacial score (nSPS) is 14.5. The Morgan fingerprint density at radius 2 is 1.88 bits per heavy atom. The van der Waals surface area contributed by atoms with E-state index in [1.54, 1.807) is 11.8 Å². The van der Waals surface area contributed by atoms with Crippen LogP contribution in [0.1, 0.15) is 6.42 Å². The molecule has 2 aromatic carbocycles. The molecule has 3 rings (SSSR count). The van der Waals surface area contributed by atoms with Gasteiger partial charge in [0.05, 0.1) is 17.1 Å². The van der Waals surface area contributed by atoms with Gasteiger partial charge in [-0.25, -0.2) is 13.6 Å². The number of nitrogens with one attached hydrogen (secondary N) is 1. The monoisotopic (exact) mass is 377 g/mol. The summed E-state index contributed by atoms with van der Waals surface area (Å²) in [6.07, 6.45) is 1.01. The molecule has 0 spiro atoms. The number of carbonyl (C=O) groups excluding carboxylic acids is 1. The molecule has 0 atom stereocenters. The molecule has 132 valence electrons. The van der Waals surface area contributed by atoms with Gasteiger partial charge < -0.3 is 10.2 Å². The number of sulfonamides is 1. The molecule has 0 bridgehead atoms. The molecule has 8 heteroatoms. The summed E-state index contributed by atoms with van der Waals surface area (Å²) < 4.78 is 22.5. The second-order valence-electron chi connectivity index (χ2n) is 5.71. The van der Waals surface area contributed by atoms with Gasteiger partial charge in [0, 0.05) is 17.1 Å². The van der Waals surface area contributed by atoms with Crippen molar-refractivity contribution in [3.8, 4) is 0 Å². The van der Waals surface area contributed by atoms with Crippen LogP contribution < -0.4 is 15.4 Å². The first-order valence-corrected chi connectivity index (χ1v) is 10.4. The fraction of sp³-hybridized carbons (Fsp3) is 0.235. The van der Waals surface area contributed by atoms with E-state index in [2.05, 4.69) is 16.3 Å². The number of benzene rings is 2. The Labute approximate surface area is 151 Å². The van der Waals surface area contributed by atoms with Gasteiger partial charge in [-0.1, -0.05) is 12.1 Å². The zero-order valence-electron chi connectivity index (χ0n) is 13.5. The van der Waals surface area contributed by atoms with Crippen molar-refractivity contribution in [2.24, 2.45) is 5.14 Å². The van der Waals surface area contributed by atoms with E-state index in [0.717, 1.165) is 24.4 Å². The highest BCUT2D eigenvalue weighted by Crippen LogP contribution is 2.33. The number of thioether (sulfide) groups is 1. The van der Waals surface area contributed by atoms with E-state index in [1.165, 1.54) is 29.2 Å². The molecule has 0 saturated heterocycles. The van der Waals surface area contributed by atoms with Gasteiger partial charge in [-0.05, 0) is 48.6 Å². The van der Waals surface area contributed by atoms with Crippen LogP contribution in [-0.2, 0) is 14.8 Å². The van der Waals surface area contributed by atoms with Gasteiger partial charge in [-0.2, -0.15) is 0 Å². The minimum absolute atomic E-state index is 0.0176. The molecular weight excluding hydrogens is 358 g/mol. The van der Waals surface area contributed by atoms with Crippen LogP contribution >= 0.6 is 11.8 Å². The average Bonchev–Trinajstić information content (AvgIpc) is 2.77. The molecule has 0 radical (unpaired) electrons. The van der Waals surface area contributed by atoms with E-state index >= 15 is 0 Å². The second-order valence-corrected chi connectivity index (χ2v) is 8.41. The average molecular weight is 377 g/mol. The standard InChI is InChI=1S/C17H19N3O3S2/c18-25(22,23)14-8-6-13(7-9-14)19-17(21)12-20-10-3-11-24-16-5-2-1-4-15(16)20/h1-2,4-9H,3,10-12H2,(H,19,21)(H2,18,22,23). The predicted molar refractivity (Wildman–Crippen MR) is 100 cm³/mol. The molecule has 0 unspecified atom stereocenters. The Balaban J connectivity index is 1.68. The number of nitrogens with two attached hydrogens (primary N) is 1. The third kappa shape index (κ3) is 4.53. The minimum Gasteiger partial charge on any atom is -0.361 e. The number of hydrogen-bond acceptors (Lipinski definition) is 5. The third-order valence-corrected chi connectivity index (χ3v) is 5.92. The molecule has 25 heavy (non-hydrogen) atoms. The first kappa shape index (κ1) is 17.8. The summed E-state index contributed by atoms with van der Waals surface area (Å²) in [6.45, 7) is 1.07. The molecule has 1 amide bonds. The third-order valence-electron chi connectivity index (χ3n) is 3.84. The number of hydrogen-bond donors (Lipinski definition) is 2. The Morgan fingerprint density at radius 3 is 2.60 bits per heavy atom. The Kier molecular flexibility index (Phi) is 5.31. The lowest BCUT2D eigenvalue weighted by molar-refractivity contribution is -0.115. The van der Waals surface area contributed by atoms with Crippen molar-refractivity contribution in [2.75, 3.05) is 29.1 Å². The second kappa shape index (κ2) is 7.47. The molecule has 0 saturated carbocycles. The summed E-state index contributed by atoms with van der Waals surface area (Å²) in [5.74, 6) is 0.884. The van der Waals surface area contributed by atoms with Crippen molar-refractivity contribution >= 4 is 39.1 Å². The molecule has 6 nitrogen and oxygen atoms in total. The molecule has 3 N–H and O–H groups in total. The molecule has 2 aromatic rings. The maximum atomic E-state index is 12.4. The van der Waals surface area contributed by atoms with Crippen molar-refractivity contribution in [3.63, 3.8) is 0 Å².